The molecule has 0 unspecified atom stereocenters. The maximum atomic E-state index is 12.5. The first-order valence-corrected chi connectivity index (χ1v) is 17.3. The van der Waals surface area contributed by atoms with Crippen LogP contribution in [0, 0.1) is 46.3 Å². The maximum absolute atomic E-state index is 12.5. The Morgan fingerprint density at radius 1 is 1.00 bits per heavy atom. The zero-order valence-electron chi connectivity index (χ0n) is 27.9. The molecule has 0 bridgehead atoms. The Balaban J connectivity index is 1.30. The molecule has 4 rings (SSSR count). The molecule has 3 saturated carbocycles. The molecular formula is C38H62O3. The average Bonchev–Trinajstić information content (AvgIpc) is 3.25. The van der Waals surface area contributed by atoms with Crippen molar-refractivity contribution in [2.45, 2.75) is 145 Å². The second kappa shape index (κ2) is 13.9. The Morgan fingerprint density at radius 2 is 1.78 bits per heavy atom. The van der Waals surface area contributed by atoms with E-state index in [2.05, 4.69) is 67.5 Å². The number of ether oxygens (including phenoxy) is 2. The molecule has 0 spiro atoms. The van der Waals surface area contributed by atoms with Crippen molar-refractivity contribution in [1.29, 1.82) is 0 Å². The molecule has 0 aliphatic heterocycles. The number of hydrogen-bond acceptors (Lipinski definition) is 3. The van der Waals surface area contributed by atoms with E-state index in [1.54, 1.807) is 5.57 Å². The smallest absolute Gasteiger partial charge is 0.431 e. The van der Waals surface area contributed by atoms with Gasteiger partial charge in [0.05, 0.1) is 0 Å². The predicted octanol–water partition coefficient (Wildman–Crippen LogP) is 11.2. The summed E-state index contributed by atoms with van der Waals surface area (Å²) in [4.78, 5) is 12.5. The highest BCUT2D eigenvalue weighted by atomic mass is 16.7. The number of fused-ring (bicyclic) bond motifs is 5. The second-order valence-corrected chi connectivity index (χ2v) is 15.7. The lowest BCUT2D eigenvalue weighted by atomic mass is 9.47. The van der Waals surface area contributed by atoms with Gasteiger partial charge in [0.1, 0.15) is 12.7 Å². The summed E-state index contributed by atoms with van der Waals surface area (Å²) < 4.78 is 11.3. The Bertz CT molecular complexity index is 983. The Labute approximate surface area is 253 Å². The van der Waals surface area contributed by atoms with Crippen molar-refractivity contribution >= 4 is 6.16 Å². The Hall–Kier alpha value is -1.51. The zero-order chi connectivity index (χ0) is 29.8. The third-order valence-electron chi connectivity index (χ3n) is 12.2. The standard InChI is InChI=1S/C38H62O3/c1-26(2)11-9-13-28(5)21-24-40-36(39)41-31-19-22-37(7)30(25-31)15-16-32-34-18-17-33(29(6)14-10-12-27(3)4)38(34,8)23-20-35(32)37/h11,15,21,27,29,31-35H,9-10,12-14,16-20,22-25H2,1-8H3/b28-21-/t29-,31+,32+,33-,34+,35+,37+,38-/m1/s1. The van der Waals surface area contributed by atoms with Crippen LogP contribution in [0.3, 0.4) is 0 Å². The fraction of sp³-hybridized carbons (Fsp3) is 0.816. The lowest BCUT2D eigenvalue weighted by molar-refractivity contribution is -0.0613. The summed E-state index contributed by atoms with van der Waals surface area (Å²) >= 11 is 0. The topological polar surface area (TPSA) is 35.5 Å². The second-order valence-electron chi connectivity index (χ2n) is 15.7. The van der Waals surface area contributed by atoms with Crippen LogP contribution in [-0.4, -0.2) is 18.9 Å². The molecule has 0 heterocycles. The lowest BCUT2D eigenvalue weighted by Crippen LogP contribution is -2.51. The first-order chi connectivity index (χ1) is 19.4. The summed E-state index contributed by atoms with van der Waals surface area (Å²) in [7, 11) is 0. The molecule has 8 atom stereocenters. The van der Waals surface area contributed by atoms with Crippen molar-refractivity contribution in [3.8, 4) is 0 Å². The largest absolute Gasteiger partial charge is 0.508 e. The van der Waals surface area contributed by atoms with Gasteiger partial charge in [-0.2, -0.15) is 0 Å². The van der Waals surface area contributed by atoms with Gasteiger partial charge < -0.3 is 9.47 Å². The van der Waals surface area contributed by atoms with Crippen LogP contribution < -0.4 is 0 Å². The molecule has 0 saturated heterocycles. The highest BCUT2D eigenvalue weighted by molar-refractivity contribution is 5.60. The molecule has 0 aromatic rings. The summed E-state index contributed by atoms with van der Waals surface area (Å²) in [5.41, 5.74) is 4.97. The number of allylic oxidation sites excluding steroid dienone is 4. The Kier molecular flexibility index (Phi) is 10.9. The summed E-state index contributed by atoms with van der Waals surface area (Å²) in [5, 5.41) is 0. The van der Waals surface area contributed by atoms with Crippen molar-refractivity contribution < 1.29 is 14.3 Å². The van der Waals surface area contributed by atoms with Gasteiger partial charge >= 0.3 is 6.16 Å². The third-order valence-corrected chi connectivity index (χ3v) is 12.2. The van der Waals surface area contributed by atoms with Crippen LogP contribution in [-0.2, 0) is 9.47 Å². The monoisotopic (exact) mass is 566 g/mol. The van der Waals surface area contributed by atoms with Gasteiger partial charge in [0.15, 0.2) is 0 Å². The van der Waals surface area contributed by atoms with Gasteiger partial charge in [-0.15, -0.1) is 0 Å². The van der Waals surface area contributed by atoms with Gasteiger partial charge in [-0.25, -0.2) is 4.79 Å². The highest BCUT2D eigenvalue weighted by Crippen LogP contribution is 2.67. The minimum atomic E-state index is -0.505. The van der Waals surface area contributed by atoms with Gasteiger partial charge in [0.25, 0.3) is 0 Å². The molecule has 3 fully saturated rings. The molecule has 41 heavy (non-hydrogen) atoms. The van der Waals surface area contributed by atoms with Gasteiger partial charge in [-0.05, 0) is 131 Å². The quantitative estimate of drug-likeness (QED) is 0.184. The van der Waals surface area contributed by atoms with Crippen LogP contribution in [0.4, 0.5) is 4.79 Å². The molecule has 3 heteroatoms. The highest BCUT2D eigenvalue weighted by Gasteiger charge is 2.59. The minimum Gasteiger partial charge on any atom is -0.431 e. The van der Waals surface area contributed by atoms with E-state index in [1.807, 2.05) is 6.08 Å². The van der Waals surface area contributed by atoms with E-state index in [4.69, 9.17) is 9.47 Å². The fourth-order valence-electron chi connectivity index (χ4n) is 9.87. The van der Waals surface area contributed by atoms with E-state index in [9.17, 15) is 4.79 Å². The summed E-state index contributed by atoms with van der Waals surface area (Å²) in [6, 6.07) is 0. The number of hydrogen-bond donors (Lipinski definition) is 0. The van der Waals surface area contributed by atoms with Crippen LogP contribution in [0.5, 0.6) is 0 Å². The van der Waals surface area contributed by atoms with Crippen LogP contribution in [0.2, 0.25) is 0 Å². The fourth-order valence-corrected chi connectivity index (χ4v) is 9.87. The number of rotatable bonds is 11. The molecule has 4 aliphatic carbocycles. The summed E-state index contributed by atoms with van der Waals surface area (Å²) in [6.07, 6.45) is 22.4. The third kappa shape index (κ3) is 7.53. The van der Waals surface area contributed by atoms with E-state index in [0.29, 0.717) is 12.0 Å². The molecule has 232 valence electrons. The van der Waals surface area contributed by atoms with E-state index >= 15 is 0 Å². The first kappa shape index (κ1) is 32.4. The van der Waals surface area contributed by atoms with Crippen LogP contribution in [0.1, 0.15) is 139 Å². The zero-order valence-corrected chi connectivity index (χ0v) is 27.9. The molecule has 4 aliphatic rings. The number of carbonyl (C=O) groups is 1. The normalized spacial score (nSPS) is 35.6. The van der Waals surface area contributed by atoms with Crippen LogP contribution >= 0.6 is 0 Å². The molecule has 0 aromatic heterocycles. The van der Waals surface area contributed by atoms with Crippen molar-refractivity contribution in [3.63, 3.8) is 0 Å². The predicted molar refractivity (Wildman–Crippen MR) is 172 cm³/mol. The van der Waals surface area contributed by atoms with E-state index in [-0.39, 0.29) is 11.5 Å². The van der Waals surface area contributed by atoms with E-state index in [0.717, 1.165) is 67.6 Å². The number of carbonyl (C=O) groups excluding carboxylic acids is 1. The van der Waals surface area contributed by atoms with Gasteiger partial charge in [-0.3, -0.25) is 0 Å². The van der Waals surface area contributed by atoms with Crippen molar-refractivity contribution in [1.82, 2.24) is 0 Å². The van der Waals surface area contributed by atoms with Crippen molar-refractivity contribution in [2.24, 2.45) is 46.3 Å². The van der Waals surface area contributed by atoms with Gasteiger partial charge in [0, 0.05) is 6.42 Å². The lowest BCUT2D eigenvalue weighted by Gasteiger charge is -2.58. The summed E-state index contributed by atoms with van der Waals surface area (Å²) in [6.45, 7) is 19.2. The van der Waals surface area contributed by atoms with Crippen molar-refractivity contribution in [3.05, 3.63) is 34.9 Å². The summed E-state index contributed by atoms with van der Waals surface area (Å²) in [5.74, 6) is 5.11. The average molecular weight is 567 g/mol. The van der Waals surface area contributed by atoms with Crippen LogP contribution in [0.25, 0.3) is 0 Å². The molecular weight excluding hydrogens is 504 g/mol. The van der Waals surface area contributed by atoms with Gasteiger partial charge in [-0.1, -0.05) is 82.8 Å². The SMILES string of the molecule is CC(C)=CCC/C(C)=C\COC(=O)O[C@H]1CC[C@@]2(C)C(=CC[C@H]3[C@@H]4CC[C@H]([C@H](C)CCCC(C)C)[C@@]4(C)CC[C@@H]32)C1. The molecule has 0 radical (unpaired) electrons. The van der Waals surface area contributed by atoms with Crippen LogP contribution in [0.15, 0.2) is 34.9 Å². The molecule has 0 amide bonds. The van der Waals surface area contributed by atoms with Crippen molar-refractivity contribution in [2.75, 3.05) is 6.61 Å². The molecule has 0 aromatic carbocycles. The maximum Gasteiger partial charge on any atom is 0.508 e. The molecule has 0 N–H and O–H groups in total. The van der Waals surface area contributed by atoms with E-state index < -0.39 is 6.16 Å². The molecule has 3 nitrogen and oxygen atoms in total. The van der Waals surface area contributed by atoms with E-state index in [1.165, 1.54) is 62.5 Å². The first-order valence-electron chi connectivity index (χ1n) is 17.3. The van der Waals surface area contributed by atoms with Gasteiger partial charge in [0.2, 0.25) is 0 Å². The minimum absolute atomic E-state index is 0.0440. The Morgan fingerprint density at radius 3 is 2.51 bits per heavy atom.